The van der Waals surface area contributed by atoms with Gasteiger partial charge in [-0.15, -0.1) is 0 Å². The third-order valence-electron chi connectivity index (χ3n) is 5.61. The van der Waals surface area contributed by atoms with Crippen molar-refractivity contribution in [3.8, 4) is 23.0 Å². The van der Waals surface area contributed by atoms with Gasteiger partial charge in [0, 0.05) is 23.7 Å². The summed E-state index contributed by atoms with van der Waals surface area (Å²) < 4.78 is 23.3. The first-order chi connectivity index (χ1) is 16.2. The Morgan fingerprint density at radius 3 is 2.97 bits per heavy atom. The van der Waals surface area contributed by atoms with Gasteiger partial charge in [-0.25, -0.2) is 0 Å². The van der Waals surface area contributed by atoms with Crippen molar-refractivity contribution in [3.05, 3.63) is 48.2 Å². The maximum absolute atomic E-state index is 11.4. The Morgan fingerprint density at radius 2 is 2.03 bits per heavy atom. The molecule has 5 rings (SSSR count). The topological polar surface area (TPSA) is 90.9 Å². The summed E-state index contributed by atoms with van der Waals surface area (Å²) >= 11 is 0. The standard InChI is InChI=1S/C25H27N3O5/c1-16-4-6-19-20(27-16)7-9-23-25(19)33-18(14-31-23)13-26-10-2-3-11-30-17-5-8-22-21(12-17)28-24(29)15-32-22/h4-9,12,18,26H,2-3,10-11,13-15H2,1H3,(H,28,29)/t18-/m0/s1. The molecule has 0 unspecified atom stereocenters. The van der Waals surface area contributed by atoms with Gasteiger partial charge in [0.2, 0.25) is 0 Å². The highest BCUT2D eigenvalue weighted by Crippen LogP contribution is 2.38. The summed E-state index contributed by atoms with van der Waals surface area (Å²) in [6.07, 6.45) is 1.84. The molecule has 3 aromatic rings. The SMILES string of the molecule is Cc1ccc2c3c(ccc2n1)OC[C@H](CNCCCCOc1ccc2c(c1)NC(=O)CO2)O3. The first-order valence-electron chi connectivity index (χ1n) is 11.3. The maximum Gasteiger partial charge on any atom is 0.262 e. The third kappa shape index (κ3) is 4.96. The second-order valence-electron chi connectivity index (χ2n) is 8.22. The number of benzene rings is 2. The third-order valence-corrected chi connectivity index (χ3v) is 5.61. The van der Waals surface area contributed by atoms with Crippen LogP contribution in [0.1, 0.15) is 18.5 Å². The Hall–Kier alpha value is -3.52. The molecule has 172 valence electrons. The van der Waals surface area contributed by atoms with Gasteiger partial charge < -0.3 is 29.6 Å². The van der Waals surface area contributed by atoms with Gasteiger partial charge in [0.1, 0.15) is 24.2 Å². The molecular formula is C25H27N3O5. The van der Waals surface area contributed by atoms with E-state index in [4.69, 9.17) is 18.9 Å². The minimum Gasteiger partial charge on any atom is -0.494 e. The number of nitrogens with zero attached hydrogens (tertiary/aromatic N) is 1. The summed E-state index contributed by atoms with van der Waals surface area (Å²) in [4.78, 5) is 16.0. The van der Waals surface area contributed by atoms with Crippen LogP contribution >= 0.6 is 0 Å². The van der Waals surface area contributed by atoms with E-state index in [-0.39, 0.29) is 18.6 Å². The van der Waals surface area contributed by atoms with E-state index in [0.717, 1.165) is 53.2 Å². The zero-order valence-corrected chi connectivity index (χ0v) is 18.6. The van der Waals surface area contributed by atoms with Crippen LogP contribution in [0.3, 0.4) is 0 Å². The average molecular weight is 450 g/mol. The Bertz CT molecular complexity index is 1170. The molecule has 1 atom stereocenters. The molecule has 2 N–H and O–H groups in total. The van der Waals surface area contributed by atoms with Crippen LogP contribution in [-0.4, -0.2) is 49.9 Å². The van der Waals surface area contributed by atoms with Gasteiger partial charge in [0.25, 0.3) is 5.91 Å². The number of carbonyl (C=O) groups is 1. The highest BCUT2D eigenvalue weighted by atomic mass is 16.6. The highest BCUT2D eigenvalue weighted by molar-refractivity contribution is 5.95. The van der Waals surface area contributed by atoms with Crippen molar-refractivity contribution in [2.75, 3.05) is 38.2 Å². The number of ether oxygens (including phenoxy) is 4. The fourth-order valence-electron chi connectivity index (χ4n) is 3.94. The molecule has 0 spiro atoms. The van der Waals surface area contributed by atoms with Crippen LogP contribution in [0, 0.1) is 6.92 Å². The Labute approximate surface area is 192 Å². The molecule has 0 fully saturated rings. The zero-order valence-electron chi connectivity index (χ0n) is 18.6. The molecule has 0 radical (unpaired) electrons. The highest BCUT2D eigenvalue weighted by Gasteiger charge is 2.23. The number of rotatable bonds is 8. The minimum atomic E-state index is -0.151. The lowest BCUT2D eigenvalue weighted by molar-refractivity contribution is -0.118. The predicted octanol–water partition coefficient (Wildman–Crippen LogP) is 3.46. The number of pyridine rings is 1. The number of aromatic nitrogens is 1. The lowest BCUT2D eigenvalue weighted by atomic mass is 10.1. The van der Waals surface area contributed by atoms with Crippen LogP contribution in [0.5, 0.6) is 23.0 Å². The number of anilines is 1. The van der Waals surface area contributed by atoms with Gasteiger partial charge in [0.05, 0.1) is 17.8 Å². The molecule has 0 saturated carbocycles. The summed E-state index contributed by atoms with van der Waals surface area (Å²) in [6, 6.07) is 13.4. The van der Waals surface area contributed by atoms with Crippen LogP contribution in [0.15, 0.2) is 42.5 Å². The molecule has 2 aliphatic heterocycles. The monoisotopic (exact) mass is 449 g/mol. The molecule has 0 aliphatic carbocycles. The van der Waals surface area contributed by atoms with E-state index < -0.39 is 0 Å². The van der Waals surface area contributed by atoms with Gasteiger partial charge in [-0.2, -0.15) is 0 Å². The van der Waals surface area contributed by atoms with E-state index in [0.29, 0.717) is 31.2 Å². The number of fused-ring (bicyclic) bond motifs is 4. The van der Waals surface area contributed by atoms with Crippen LogP contribution in [0.4, 0.5) is 5.69 Å². The largest absolute Gasteiger partial charge is 0.494 e. The normalized spacial score (nSPS) is 16.6. The molecule has 8 heteroatoms. The van der Waals surface area contributed by atoms with Crippen molar-refractivity contribution in [3.63, 3.8) is 0 Å². The van der Waals surface area contributed by atoms with Crippen molar-refractivity contribution in [2.24, 2.45) is 0 Å². The fourth-order valence-corrected chi connectivity index (χ4v) is 3.94. The summed E-state index contributed by atoms with van der Waals surface area (Å²) in [5.74, 6) is 2.78. The number of hydrogen-bond acceptors (Lipinski definition) is 7. The number of carbonyl (C=O) groups excluding carboxylic acids is 1. The average Bonchev–Trinajstić information content (AvgIpc) is 2.82. The molecule has 3 heterocycles. The van der Waals surface area contributed by atoms with Gasteiger partial charge in [-0.3, -0.25) is 9.78 Å². The van der Waals surface area contributed by atoms with Crippen LogP contribution in [0.25, 0.3) is 10.9 Å². The molecule has 0 bridgehead atoms. The minimum absolute atomic E-state index is 0.0476. The second kappa shape index (κ2) is 9.54. The summed E-state index contributed by atoms with van der Waals surface area (Å²) in [6.45, 7) is 4.73. The summed E-state index contributed by atoms with van der Waals surface area (Å²) in [5.41, 5.74) is 2.55. The Morgan fingerprint density at radius 1 is 1.12 bits per heavy atom. The Kier molecular flexibility index (Phi) is 6.17. The first-order valence-corrected chi connectivity index (χ1v) is 11.3. The molecule has 2 aromatic carbocycles. The molecule has 1 amide bonds. The molecule has 2 aliphatic rings. The lowest BCUT2D eigenvalue weighted by Gasteiger charge is -2.27. The van der Waals surface area contributed by atoms with Crippen LogP contribution in [0.2, 0.25) is 0 Å². The molecule has 0 saturated heterocycles. The number of unbranched alkanes of at least 4 members (excludes halogenated alkanes) is 1. The van der Waals surface area contributed by atoms with E-state index in [9.17, 15) is 4.79 Å². The zero-order chi connectivity index (χ0) is 22.6. The van der Waals surface area contributed by atoms with Gasteiger partial charge in [0.15, 0.2) is 18.1 Å². The van der Waals surface area contributed by atoms with Gasteiger partial charge >= 0.3 is 0 Å². The van der Waals surface area contributed by atoms with E-state index in [1.807, 2.05) is 43.3 Å². The van der Waals surface area contributed by atoms with E-state index in [2.05, 4.69) is 15.6 Å². The number of aryl methyl sites for hydroxylation is 1. The maximum atomic E-state index is 11.4. The van der Waals surface area contributed by atoms with Crippen molar-refractivity contribution < 1.29 is 23.7 Å². The van der Waals surface area contributed by atoms with Crippen LogP contribution < -0.4 is 29.6 Å². The number of amides is 1. The second-order valence-corrected chi connectivity index (χ2v) is 8.22. The fraction of sp³-hybridized carbons (Fsp3) is 0.360. The molecule has 33 heavy (non-hydrogen) atoms. The van der Waals surface area contributed by atoms with Crippen molar-refractivity contribution in [2.45, 2.75) is 25.9 Å². The smallest absolute Gasteiger partial charge is 0.262 e. The molecular weight excluding hydrogens is 422 g/mol. The first kappa shape index (κ1) is 21.3. The summed E-state index contributed by atoms with van der Waals surface area (Å²) in [5, 5.41) is 7.22. The van der Waals surface area contributed by atoms with Crippen LogP contribution in [-0.2, 0) is 4.79 Å². The predicted molar refractivity (Wildman–Crippen MR) is 125 cm³/mol. The van der Waals surface area contributed by atoms with E-state index in [1.54, 1.807) is 6.07 Å². The molecule has 8 nitrogen and oxygen atoms in total. The number of hydrogen-bond donors (Lipinski definition) is 2. The van der Waals surface area contributed by atoms with Crippen molar-refractivity contribution >= 4 is 22.5 Å². The van der Waals surface area contributed by atoms with E-state index >= 15 is 0 Å². The van der Waals surface area contributed by atoms with E-state index in [1.165, 1.54) is 0 Å². The Balaban J connectivity index is 1.03. The van der Waals surface area contributed by atoms with Gasteiger partial charge in [-0.1, -0.05) is 0 Å². The quantitative estimate of drug-likeness (QED) is 0.509. The summed E-state index contributed by atoms with van der Waals surface area (Å²) in [7, 11) is 0. The van der Waals surface area contributed by atoms with Crippen molar-refractivity contribution in [1.29, 1.82) is 0 Å². The lowest BCUT2D eigenvalue weighted by Crippen LogP contribution is -2.38. The molecule has 1 aromatic heterocycles. The van der Waals surface area contributed by atoms with Crippen molar-refractivity contribution in [1.82, 2.24) is 10.3 Å². The number of nitrogens with one attached hydrogen (secondary N) is 2. The van der Waals surface area contributed by atoms with Gasteiger partial charge in [-0.05, 0) is 62.7 Å².